The lowest BCUT2D eigenvalue weighted by Crippen LogP contribution is -2.20. The van der Waals surface area contributed by atoms with Crippen LogP contribution in [-0.4, -0.2) is 29.2 Å². The van der Waals surface area contributed by atoms with Crippen LogP contribution in [0.15, 0.2) is 78.9 Å². The maximum atomic E-state index is 12.2. The highest BCUT2D eigenvalue weighted by molar-refractivity contribution is 6.31. The number of hydrogen-bond donors (Lipinski definition) is 1. The van der Waals surface area contributed by atoms with Crippen molar-refractivity contribution in [2.45, 2.75) is 13.0 Å². The Morgan fingerprint density at radius 2 is 1.63 bits per heavy atom. The molecule has 0 saturated carbocycles. The largest absolute Gasteiger partial charge is 0.477 e. The number of carboxylic acids is 1. The van der Waals surface area contributed by atoms with Crippen LogP contribution in [0, 0.1) is 0 Å². The van der Waals surface area contributed by atoms with Crippen LogP contribution in [0.5, 0.6) is 0 Å². The van der Waals surface area contributed by atoms with E-state index in [1.54, 1.807) is 12.1 Å². The molecule has 0 atom stereocenters. The third-order valence-electron chi connectivity index (χ3n) is 5.35. The Morgan fingerprint density at radius 1 is 0.967 bits per heavy atom. The van der Waals surface area contributed by atoms with Gasteiger partial charge in [0.05, 0.1) is 5.69 Å². The van der Waals surface area contributed by atoms with Gasteiger partial charge in [0.25, 0.3) is 0 Å². The number of fused-ring (bicyclic) bond motifs is 1. The Hall–Kier alpha value is -3.24. The van der Waals surface area contributed by atoms with E-state index in [0.717, 1.165) is 35.3 Å². The molecular weight excluding hydrogens is 396 g/mol. The summed E-state index contributed by atoms with van der Waals surface area (Å²) in [5.41, 5.74) is 3.33. The van der Waals surface area contributed by atoms with Gasteiger partial charge < -0.3 is 14.6 Å². The van der Waals surface area contributed by atoms with Crippen LogP contribution in [0.3, 0.4) is 0 Å². The van der Waals surface area contributed by atoms with Crippen molar-refractivity contribution in [3.05, 3.63) is 89.6 Å². The summed E-state index contributed by atoms with van der Waals surface area (Å²) in [6, 6.07) is 25.5. The molecule has 30 heavy (non-hydrogen) atoms. The van der Waals surface area contributed by atoms with Crippen LogP contribution in [0.2, 0.25) is 5.02 Å². The molecular formula is C25H23ClN2O2. The summed E-state index contributed by atoms with van der Waals surface area (Å²) in [6.07, 6.45) is 0.806. The molecule has 4 aromatic rings. The number of carboxylic acid groups (broad SMARTS) is 1. The summed E-state index contributed by atoms with van der Waals surface area (Å²) in [4.78, 5) is 14.4. The van der Waals surface area contributed by atoms with E-state index in [4.69, 9.17) is 11.6 Å². The fraction of sp³-hybridized carbons (Fsp3) is 0.160. The minimum absolute atomic E-state index is 0.308. The molecule has 3 aromatic carbocycles. The third-order valence-corrected chi connectivity index (χ3v) is 5.59. The van der Waals surface area contributed by atoms with E-state index in [1.165, 1.54) is 0 Å². The monoisotopic (exact) mass is 418 g/mol. The van der Waals surface area contributed by atoms with Gasteiger partial charge in [0, 0.05) is 41.6 Å². The third kappa shape index (κ3) is 3.91. The van der Waals surface area contributed by atoms with Gasteiger partial charge in [0.15, 0.2) is 0 Å². The van der Waals surface area contributed by atoms with Gasteiger partial charge in [-0.2, -0.15) is 0 Å². The lowest BCUT2D eigenvalue weighted by Gasteiger charge is -2.20. The molecule has 0 spiro atoms. The summed E-state index contributed by atoms with van der Waals surface area (Å²) in [5, 5.41) is 12.2. The van der Waals surface area contributed by atoms with Gasteiger partial charge in [0.2, 0.25) is 0 Å². The van der Waals surface area contributed by atoms with Crippen LogP contribution in [0.1, 0.15) is 16.9 Å². The SMILES string of the molecule is CN(CCCn1c(C(=O)O)c2ccc(Cl)cc2c1-c1ccccc1)c1ccccc1. The van der Waals surface area contributed by atoms with Gasteiger partial charge in [-0.3, -0.25) is 0 Å². The average Bonchev–Trinajstić information content (AvgIpc) is 3.08. The number of nitrogens with zero attached hydrogens (tertiary/aromatic N) is 2. The number of benzene rings is 3. The number of carbonyl (C=O) groups is 1. The van der Waals surface area contributed by atoms with Crippen LogP contribution in [0.4, 0.5) is 5.69 Å². The van der Waals surface area contributed by atoms with E-state index in [0.29, 0.717) is 22.6 Å². The smallest absolute Gasteiger partial charge is 0.353 e. The molecule has 1 N–H and O–H groups in total. The van der Waals surface area contributed by atoms with Crippen LogP contribution in [-0.2, 0) is 6.54 Å². The molecule has 0 fully saturated rings. The highest BCUT2D eigenvalue weighted by Crippen LogP contribution is 2.36. The Bertz CT molecular complexity index is 1170. The molecule has 0 aliphatic rings. The van der Waals surface area contributed by atoms with E-state index in [1.807, 2.05) is 59.2 Å². The minimum Gasteiger partial charge on any atom is -0.477 e. The lowest BCUT2D eigenvalue weighted by molar-refractivity contribution is 0.0687. The Balaban J connectivity index is 1.74. The molecule has 4 rings (SSSR count). The standard InChI is InChI=1S/C25H23ClN2O2/c1-27(20-11-6-3-7-12-20)15-8-16-28-23(18-9-4-2-5-10-18)22-17-19(26)13-14-21(22)24(28)25(29)30/h2-7,9-14,17H,8,15-16H2,1H3,(H,29,30). The zero-order valence-electron chi connectivity index (χ0n) is 16.8. The number of para-hydroxylation sites is 1. The molecule has 0 unspecified atom stereocenters. The van der Waals surface area contributed by atoms with Crippen molar-refractivity contribution in [1.29, 1.82) is 0 Å². The molecule has 0 amide bonds. The first-order valence-corrected chi connectivity index (χ1v) is 10.3. The molecule has 0 radical (unpaired) electrons. The highest BCUT2D eigenvalue weighted by Gasteiger charge is 2.22. The highest BCUT2D eigenvalue weighted by atomic mass is 35.5. The fourth-order valence-electron chi connectivity index (χ4n) is 3.96. The second-order valence-corrected chi connectivity index (χ2v) is 7.76. The second kappa shape index (κ2) is 8.64. The number of anilines is 1. The lowest BCUT2D eigenvalue weighted by atomic mass is 10.1. The Labute approximate surface area is 180 Å². The van der Waals surface area contributed by atoms with E-state index in [9.17, 15) is 9.90 Å². The maximum absolute atomic E-state index is 12.2. The van der Waals surface area contributed by atoms with E-state index < -0.39 is 5.97 Å². The molecule has 5 heteroatoms. The second-order valence-electron chi connectivity index (χ2n) is 7.32. The van der Waals surface area contributed by atoms with Crippen molar-refractivity contribution in [3.8, 4) is 11.3 Å². The Kier molecular flexibility index (Phi) is 5.77. The quantitative estimate of drug-likeness (QED) is 0.389. The average molecular weight is 419 g/mol. The zero-order chi connectivity index (χ0) is 21.1. The fourth-order valence-corrected chi connectivity index (χ4v) is 4.13. The molecule has 0 aliphatic heterocycles. The summed E-state index contributed by atoms with van der Waals surface area (Å²) in [6.45, 7) is 1.40. The first-order valence-electron chi connectivity index (χ1n) is 9.93. The zero-order valence-corrected chi connectivity index (χ0v) is 17.5. The van der Waals surface area contributed by atoms with E-state index in [2.05, 4.69) is 24.1 Å². The van der Waals surface area contributed by atoms with Crippen molar-refractivity contribution < 1.29 is 9.90 Å². The molecule has 0 bridgehead atoms. The number of aromatic carboxylic acids is 1. The van der Waals surface area contributed by atoms with Crippen LogP contribution in [0.25, 0.3) is 22.0 Å². The maximum Gasteiger partial charge on any atom is 0.353 e. The van der Waals surface area contributed by atoms with Crippen molar-refractivity contribution in [2.75, 3.05) is 18.5 Å². The van der Waals surface area contributed by atoms with Crippen LogP contribution < -0.4 is 4.90 Å². The number of halogens is 1. The van der Waals surface area contributed by atoms with Gasteiger partial charge in [-0.1, -0.05) is 66.2 Å². The van der Waals surface area contributed by atoms with E-state index in [-0.39, 0.29) is 0 Å². The number of hydrogen-bond acceptors (Lipinski definition) is 2. The van der Waals surface area contributed by atoms with Crippen molar-refractivity contribution in [1.82, 2.24) is 4.57 Å². The van der Waals surface area contributed by atoms with Crippen molar-refractivity contribution in [3.63, 3.8) is 0 Å². The number of rotatable bonds is 7. The predicted octanol–water partition coefficient (Wildman–Crippen LogP) is 6.19. The first kappa shape index (κ1) is 20.0. The normalized spacial score (nSPS) is 11.0. The molecule has 1 heterocycles. The van der Waals surface area contributed by atoms with Gasteiger partial charge in [0.1, 0.15) is 5.69 Å². The molecule has 4 nitrogen and oxygen atoms in total. The topological polar surface area (TPSA) is 45.5 Å². The van der Waals surface area contributed by atoms with Crippen molar-refractivity contribution >= 4 is 34.0 Å². The molecule has 152 valence electrons. The minimum atomic E-state index is -0.930. The van der Waals surface area contributed by atoms with Crippen molar-refractivity contribution in [2.24, 2.45) is 0 Å². The summed E-state index contributed by atoms with van der Waals surface area (Å²) < 4.78 is 1.93. The Morgan fingerprint density at radius 3 is 2.30 bits per heavy atom. The summed E-state index contributed by atoms with van der Waals surface area (Å²) in [5.74, 6) is -0.930. The van der Waals surface area contributed by atoms with Gasteiger partial charge in [-0.25, -0.2) is 4.79 Å². The van der Waals surface area contributed by atoms with Crippen LogP contribution >= 0.6 is 11.6 Å². The molecule has 1 aromatic heterocycles. The molecule has 0 aliphatic carbocycles. The van der Waals surface area contributed by atoms with E-state index >= 15 is 0 Å². The number of aromatic nitrogens is 1. The summed E-state index contributed by atoms with van der Waals surface area (Å²) >= 11 is 6.27. The van der Waals surface area contributed by atoms with Gasteiger partial charge in [-0.15, -0.1) is 0 Å². The van der Waals surface area contributed by atoms with Gasteiger partial charge >= 0.3 is 5.97 Å². The van der Waals surface area contributed by atoms with Gasteiger partial charge in [-0.05, 0) is 36.2 Å². The predicted molar refractivity (Wildman–Crippen MR) is 124 cm³/mol. The summed E-state index contributed by atoms with van der Waals surface area (Å²) in [7, 11) is 2.05. The first-order chi connectivity index (χ1) is 14.6. The molecule has 0 saturated heterocycles.